The Hall–Kier alpha value is -2.69. The molecule has 0 radical (unpaired) electrons. The van der Waals surface area contributed by atoms with Crippen LogP contribution in [0.5, 0.6) is 11.5 Å². The maximum absolute atomic E-state index is 10.7. The van der Waals surface area contributed by atoms with Crippen molar-refractivity contribution in [1.82, 2.24) is 0 Å². The van der Waals surface area contributed by atoms with Gasteiger partial charge in [-0.05, 0) is 74.5 Å². The lowest BCUT2D eigenvalue weighted by atomic mass is 10.3. The highest BCUT2D eigenvalue weighted by atomic mass is 32.2. The molecule has 5 nitrogen and oxygen atoms in total. The largest absolute Gasteiger partial charge is 0.741 e. The van der Waals surface area contributed by atoms with Gasteiger partial charge >= 0.3 is 5.51 Å². The van der Waals surface area contributed by atoms with E-state index in [1.165, 1.54) is 14.7 Å². The van der Waals surface area contributed by atoms with Gasteiger partial charge in [0.2, 0.25) is 0 Å². The molecule has 0 unspecified atom stereocenters. The first-order valence-electron chi connectivity index (χ1n) is 9.84. The monoisotopic (exact) mass is 500 g/mol. The zero-order valence-corrected chi connectivity index (χ0v) is 19.5. The first-order chi connectivity index (χ1) is 15.6. The molecule has 3 rings (SSSR count). The van der Waals surface area contributed by atoms with Gasteiger partial charge in [-0.15, -0.1) is 0 Å². The van der Waals surface area contributed by atoms with Crippen LogP contribution in [0.1, 0.15) is 13.8 Å². The third-order valence-corrected chi connectivity index (χ3v) is 6.80. The number of alkyl halides is 3. The predicted octanol–water partition coefficient (Wildman–Crippen LogP) is 5.63. The van der Waals surface area contributed by atoms with Gasteiger partial charge in [-0.25, -0.2) is 8.42 Å². The van der Waals surface area contributed by atoms with E-state index in [2.05, 4.69) is 78.9 Å². The summed E-state index contributed by atoms with van der Waals surface area (Å²) in [6, 6.07) is 27.5. The van der Waals surface area contributed by atoms with Gasteiger partial charge in [0.15, 0.2) is 24.8 Å². The van der Waals surface area contributed by atoms with Crippen LogP contribution in [0.2, 0.25) is 0 Å². The lowest BCUT2D eigenvalue weighted by Gasteiger charge is -2.10. The molecule has 0 aliphatic carbocycles. The minimum absolute atomic E-state index is 0.150. The summed E-state index contributed by atoms with van der Waals surface area (Å²) >= 11 is 0. The van der Waals surface area contributed by atoms with Crippen molar-refractivity contribution in [3.05, 3.63) is 78.9 Å². The van der Waals surface area contributed by atoms with E-state index in [1.54, 1.807) is 0 Å². The van der Waals surface area contributed by atoms with Gasteiger partial charge in [-0.3, -0.25) is 0 Å². The van der Waals surface area contributed by atoms with Crippen LogP contribution in [0.25, 0.3) is 0 Å². The van der Waals surface area contributed by atoms with Crippen molar-refractivity contribution in [2.45, 2.75) is 34.0 Å². The van der Waals surface area contributed by atoms with Crippen LogP contribution >= 0.6 is 0 Å². The molecule has 0 amide bonds. The van der Waals surface area contributed by atoms with Gasteiger partial charge in [0.1, 0.15) is 11.5 Å². The number of rotatable bonds is 7. The summed E-state index contributed by atoms with van der Waals surface area (Å²) < 4.78 is 70.1. The summed E-state index contributed by atoms with van der Waals surface area (Å²) in [6.07, 6.45) is 0. The Morgan fingerprint density at radius 1 is 0.727 bits per heavy atom. The normalized spacial score (nSPS) is 11.5. The van der Waals surface area contributed by atoms with Gasteiger partial charge in [0.25, 0.3) is 0 Å². The topological polar surface area (TPSA) is 75.7 Å². The van der Waals surface area contributed by atoms with E-state index >= 15 is 0 Å². The highest BCUT2D eigenvalue weighted by molar-refractivity contribution is 7.97. The molecule has 0 spiro atoms. The lowest BCUT2D eigenvalue weighted by molar-refractivity contribution is -0.0517. The van der Waals surface area contributed by atoms with Crippen LogP contribution in [0.4, 0.5) is 13.2 Å². The van der Waals surface area contributed by atoms with E-state index in [9.17, 15) is 13.2 Å². The van der Waals surface area contributed by atoms with Gasteiger partial charge in [0.05, 0.1) is 24.1 Å². The molecule has 0 aliphatic heterocycles. The van der Waals surface area contributed by atoms with Crippen LogP contribution in [-0.4, -0.2) is 31.7 Å². The fourth-order valence-electron chi connectivity index (χ4n) is 2.64. The van der Waals surface area contributed by atoms with Crippen LogP contribution in [0, 0.1) is 0 Å². The summed E-state index contributed by atoms with van der Waals surface area (Å²) in [6.45, 7) is 5.37. The van der Waals surface area contributed by atoms with Crippen molar-refractivity contribution >= 4 is 21.0 Å². The Bertz CT molecular complexity index is 1040. The number of hydrogen-bond acceptors (Lipinski definition) is 5. The average Bonchev–Trinajstić information content (AvgIpc) is 2.77. The second-order valence-electron chi connectivity index (χ2n) is 6.33. The smallest absolute Gasteiger partial charge is 0.485 e. The molecule has 0 atom stereocenters. The average molecular weight is 501 g/mol. The minimum Gasteiger partial charge on any atom is -0.741 e. The summed E-state index contributed by atoms with van der Waals surface area (Å²) in [4.78, 5) is 3.86. The Kier molecular flexibility index (Phi) is 9.63. The molecule has 0 aromatic heterocycles. The molecule has 33 heavy (non-hydrogen) atoms. The molecule has 10 heteroatoms. The molecule has 0 heterocycles. The summed E-state index contributed by atoms with van der Waals surface area (Å²) in [5.74, 6) is 1.82. The van der Waals surface area contributed by atoms with E-state index in [-0.39, 0.29) is 10.9 Å². The number of hydrogen-bond donors (Lipinski definition) is 0. The molecule has 0 fully saturated rings. The molecular weight excluding hydrogens is 477 g/mol. The van der Waals surface area contributed by atoms with Crippen molar-refractivity contribution in [2.75, 3.05) is 13.2 Å². The molecule has 3 aromatic rings. The third kappa shape index (κ3) is 7.99. The summed E-state index contributed by atoms with van der Waals surface area (Å²) in [5.41, 5.74) is -5.65. The molecule has 0 N–H and O–H groups in total. The molecular formula is C23H23F3O5S2. The van der Waals surface area contributed by atoms with Crippen LogP contribution in [-0.2, 0) is 21.0 Å². The number of benzene rings is 3. The van der Waals surface area contributed by atoms with E-state index in [0.717, 1.165) is 11.5 Å². The van der Waals surface area contributed by atoms with Gasteiger partial charge in [-0.1, -0.05) is 18.2 Å². The first-order valence-corrected chi connectivity index (χ1v) is 12.5. The Labute approximate surface area is 194 Å². The zero-order chi connectivity index (χ0) is 24.5. The second-order valence-corrected chi connectivity index (χ2v) is 9.73. The standard InChI is InChI=1S/C22H23O2S.CHF3O3S/c1-3-23-18-10-14-21(15-11-18)25(20-8-6-5-7-9-20)22-16-12-19(13-17-22)24-4-2;2-1(3,4)8(5,6)7/h5-17H,3-4H2,1-2H3;(H,5,6,7)/q+1;/p-1. The highest BCUT2D eigenvalue weighted by Crippen LogP contribution is 2.33. The maximum atomic E-state index is 10.7. The Balaban J connectivity index is 0.000000414. The second kappa shape index (κ2) is 12.0. The van der Waals surface area contributed by atoms with E-state index in [1.807, 2.05) is 13.8 Å². The number of ether oxygens (including phenoxy) is 2. The quantitative estimate of drug-likeness (QED) is 0.239. The SMILES string of the molecule is CCOc1ccc([S+](c2ccccc2)c2ccc(OCC)cc2)cc1.O=S(=O)([O-])C(F)(F)F. The third-order valence-electron chi connectivity index (χ3n) is 4.00. The van der Waals surface area contributed by atoms with Crippen molar-refractivity contribution in [2.24, 2.45) is 0 Å². The van der Waals surface area contributed by atoms with Crippen molar-refractivity contribution in [3.8, 4) is 11.5 Å². The van der Waals surface area contributed by atoms with Crippen LogP contribution < -0.4 is 9.47 Å². The number of halogens is 3. The van der Waals surface area contributed by atoms with E-state index in [4.69, 9.17) is 22.4 Å². The van der Waals surface area contributed by atoms with Crippen molar-refractivity contribution in [1.29, 1.82) is 0 Å². The molecule has 0 saturated heterocycles. The maximum Gasteiger partial charge on any atom is 0.485 e. The molecule has 0 aliphatic rings. The minimum atomic E-state index is -6.09. The summed E-state index contributed by atoms with van der Waals surface area (Å²) in [5, 5.41) is 0. The lowest BCUT2D eigenvalue weighted by Crippen LogP contribution is -2.21. The Morgan fingerprint density at radius 3 is 1.36 bits per heavy atom. The van der Waals surface area contributed by atoms with Gasteiger partial charge in [-0.2, -0.15) is 13.2 Å². The molecule has 3 aromatic carbocycles. The fraction of sp³-hybridized carbons (Fsp3) is 0.217. The van der Waals surface area contributed by atoms with Crippen molar-refractivity contribution in [3.63, 3.8) is 0 Å². The van der Waals surface area contributed by atoms with Crippen LogP contribution in [0.3, 0.4) is 0 Å². The highest BCUT2D eigenvalue weighted by Gasteiger charge is 2.37. The fourth-order valence-corrected chi connectivity index (χ4v) is 4.70. The molecule has 0 saturated carbocycles. The summed E-state index contributed by atoms with van der Waals surface area (Å²) in [7, 11) is -6.24. The molecule has 0 bridgehead atoms. The Morgan fingerprint density at radius 2 is 1.06 bits per heavy atom. The van der Waals surface area contributed by atoms with E-state index < -0.39 is 15.6 Å². The zero-order valence-electron chi connectivity index (χ0n) is 17.9. The van der Waals surface area contributed by atoms with Crippen LogP contribution in [0.15, 0.2) is 93.5 Å². The van der Waals surface area contributed by atoms with Gasteiger partial charge in [0, 0.05) is 0 Å². The van der Waals surface area contributed by atoms with E-state index in [0.29, 0.717) is 13.2 Å². The first kappa shape index (κ1) is 26.6. The van der Waals surface area contributed by atoms with Crippen molar-refractivity contribution < 1.29 is 35.6 Å². The molecule has 178 valence electrons. The van der Waals surface area contributed by atoms with Gasteiger partial charge < -0.3 is 14.0 Å². The predicted molar refractivity (Wildman–Crippen MR) is 120 cm³/mol.